The van der Waals surface area contributed by atoms with Gasteiger partial charge in [0.25, 0.3) is 0 Å². The number of anilines is 1. The van der Waals surface area contributed by atoms with Crippen LogP contribution < -0.4 is 5.32 Å². The van der Waals surface area contributed by atoms with E-state index < -0.39 is 16.5 Å². The Kier molecular flexibility index (Phi) is 12.0. The maximum Gasteiger partial charge on any atom is 0.362 e. The number of carbonyl (C=O) groups excluding carboxylic acids is 1. The van der Waals surface area contributed by atoms with Gasteiger partial charge in [0.2, 0.25) is 5.95 Å². The lowest BCUT2D eigenvalue weighted by molar-refractivity contribution is 0.131. The minimum atomic E-state index is -2.80. The lowest BCUT2D eigenvalue weighted by Crippen LogP contribution is -2.11. The number of aromatic nitrogens is 2. The maximum absolute atomic E-state index is 11.1. The SMILES string of the molecule is C=CCC(Cl)Cl.CCOCc1cc(C)nc(NC(=O)N=S(=O)=O)n1. The highest BCUT2D eigenvalue weighted by atomic mass is 35.5. The van der Waals surface area contributed by atoms with Crippen molar-refractivity contribution in [1.29, 1.82) is 0 Å². The number of hydrogen-bond donors (Lipinski definition) is 1. The van der Waals surface area contributed by atoms with Crippen LogP contribution in [0.5, 0.6) is 0 Å². The number of nitrogens with one attached hydrogen (secondary N) is 1. The van der Waals surface area contributed by atoms with E-state index >= 15 is 0 Å². The second kappa shape index (κ2) is 12.8. The zero-order valence-corrected chi connectivity index (χ0v) is 15.5. The number of halogens is 2. The smallest absolute Gasteiger partial charge is 0.362 e. The fourth-order valence-corrected chi connectivity index (χ4v) is 1.72. The van der Waals surface area contributed by atoms with E-state index in [0.29, 0.717) is 24.4 Å². The average Bonchev–Trinajstić information content (AvgIpc) is 2.44. The van der Waals surface area contributed by atoms with Crippen LogP contribution in [0.1, 0.15) is 24.7 Å². The lowest BCUT2D eigenvalue weighted by Gasteiger charge is -2.05. The van der Waals surface area contributed by atoms with Crippen LogP contribution in [-0.4, -0.2) is 35.9 Å². The summed E-state index contributed by atoms with van der Waals surface area (Å²) in [6.45, 7) is 7.82. The van der Waals surface area contributed by atoms with Crippen molar-refractivity contribution in [3.63, 3.8) is 0 Å². The van der Waals surface area contributed by atoms with E-state index in [1.54, 1.807) is 19.1 Å². The first kappa shape index (κ1) is 22.4. The number of hydrogen-bond acceptors (Lipinski definition) is 6. The molecule has 11 heteroatoms. The molecule has 0 saturated carbocycles. The van der Waals surface area contributed by atoms with Crippen LogP contribution in [0, 0.1) is 6.92 Å². The van der Waals surface area contributed by atoms with Crippen molar-refractivity contribution < 1.29 is 17.9 Å². The highest BCUT2D eigenvalue weighted by Crippen LogP contribution is 2.06. The van der Waals surface area contributed by atoms with Crippen molar-refractivity contribution in [2.45, 2.75) is 31.7 Å². The molecule has 24 heavy (non-hydrogen) atoms. The van der Waals surface area contributed by atoms with Gasteiger partial charge in [-0.15, -0.1) is 29.8 Å². The third-order valence-electron chi connectivity index (χ3n) is 2.08. The van der Waals surface area contributed by atoms with Gasteiger partial charge < -0.3 is 4.74 Å². The van der Waals surface area contributed by atoms with Gasteiger partial charge in [0.15, 0.2) is 0 Å². The third-order valence-corrected chi connectivity index (χ3v) is 2.75. The number of urea groups is 1. The first-order chi connectivity index (χ1) is 11.3. The van der Waals surface area contributed by atoms with Crippen molar-refractivity contribution in [2.24, 2.45) is 4.36 Å². The second-order valence-corrected chi connectivity index (χ2v) is 6.01. The number of allylic oxidation sites excluding steroid dienone is 1. The largest absolute Gasteiger partial charge is 0.375 e. The van der Waals surface area contributed by atoms with Gasteiger partial charge in [-0.3, -0.25) is 5.32 Å². The molecule has 0 aliphatic rings. The molecule has 1 N–H and O–H groups in total. The third kappa shape index (κ3) is 11.9. The Hall–Kier alpha value is -1.55. The van der Waals surface area contributed by atoms with E-state index in [2.05, 4.69) is 26.2 Å². The molecule has 0 atom stereocenters. The molecule has 1 rings (SSSR count). The number of rotatable bonds is 6. The Balaban J connectivity index is 0.000000754. The quantitative estimate of drug-likeness (QED) is 0.583. The minimum absolute atomic E-state index is 0.0103. The van der Waals surface area contributed by atoms with Crippen molar-refractivity contribution in [3.05, 3.63) is 30.1 Å². The van der Waals surface area contributed by atoms with Crippen molar-refractivity contribution >= 4 is 45.7 Å². The predicted molar refractivity (Wildman–Crippen MR) is 92.8 cm³/mol. The lowest BCUT2D eigenvalue weighted by atomic mass is 10.3. The normalized spacial score (nSPS) is 9.71. The molecular formula is C13H18Cl2N4O4S. The van der Waals surface area contributed by atoms with Crippen molar-refractivity contribution in [3.8, 4) is 0 Å². The highest BCUT2D eigenvalue weighted by Gasteiger charge is 2.06. The van der Waals surface area contributed by atoms with E-state index in [-0.39, 0.29) is 17.4 Å². The molecule has 8 nitrogen and oxygen atoms in total. The number of alkyl halides is 2. The zero-order chi connectivity index (χ0) is 18.5. The monoisotopic (exact) mass is 396 g/mol. The maximum atomic E-state index is 11.1. The summed E-state index contributed by atoms with van der Waals surface area (Å²) in [5, 5.41) is 2.15. The number of nitrogens with zero attached hydrogens (tertiary/aromatic N) is 3. The fraction of sp³-hybridized carbons (Fsp3) is 0.462. The molecule has 0 aromatic carbocycles. The summed E-state index contributed by atoms with van der Waals surface area (Å²) in [6.07, 6.45) is 2.35. The van der Waals surface area contributed by atoms with Crippen LogP contribution >= 0.6 is 23.2 Å². The molecule has 2 amide bonds. The number of aryl methyl sites for hydroxylation is 1. The van der Waals surface area contributed by atoms with Crippen molar-refractivity contribution in [2.75, 3.05) is 11.9 Å². The molecule has 1 heterocycles. The van der Waals surface area contributed by atoms with Crippen molar-refractivity contribution in [1.82, 2.24) is 9.97 Å². The Morgan fingerprint density at radius 3 is 2.62 bits per heavy atom. The van der Waals surface area contributed by atoms with Gasteiger partial charge in [-0.2, -0.15) is 8.42 Å². The molecule has 0 aliphatic heterocycles. The molecular weight excluding hydrogens is 379 g/mol. The van der Waals surface area contributed by atoms with Gasteiger partial charge in [0, 0.05) is 12.3 Å². The summed E-state index contributed by atoms with van der Waals surface area (Å²) in [6, 6.07) is 0.657. The molecule has 0 aliphatic carbocycles. The number of carbonyl (C=O) groups is 1. The Bertz CT molecular complexity index is 673. The standard InChI is InChI=1S/C9H12N4O4S.C4H6Cl2/c1-3-17-5-7-4-6(2)10-8(11-7)12-9(14)13-18(15)16;1-2-3-4(5)6/h4H,3,5H2,1-2H3,(H,10,11,12,14);2,4H,1,3H2. The topological polar surface area (TPSA) is 111 Å². The van der Waals surface area contributed by atoms with Crippen LogP contribution in [0.3, 0.4) is 0 Å². The molecule has 1 aromatic heterocycles. The molecule has 0 unspecified atom stereocenters. The summed E-state index contributed by atoms with van der Waals surface area (Å²) in [7, 11) is -2.80. The molecule has 134 valence electrons. The Morgan fingerprint density at radius 1 is 1.50 bits per heavy atom. The van der Waals surface area contributed by atoms with E-state index in [1.165, 1.54) is 0 Å². The average molecular weight is 397 g/mol. The Labute approximate surface area is 151 Å². The summed E-state index contributed by atoms with van der Waals surface area (Å²) >= 11 is 10.5. The predicted octanol–water partition coefficient (Wildman–Crippen LogP) is 3.28. The molecule has 1 aromatic rings. The Morgan fingerprint density at radius 2 is 2.17 bits per heavy atom. The van der Waals surface area contributed by atoms with Crippen LogP contribution in [-0.2, 0) is 21.8 Å². The number of ether oxygens (including phenoxy) is 1. The van der Waals surface area contributed by atoms with Gasteiger partial charge in [-0.05, 0) is 26.3 Å². The van der Waals surface area contributed by atoms with Crippen LogP contribution in [0.4, 0.5) is 10.7 Å². The molecule has 0 radical (unpaired) electrons. The molecule has 0 bridgehead atoms. The van der Waals surface area contributed by atoms with Crippen LogP contribution in [0.25, 0.3) is 0 Å². The van der Waals surface area contributed by atoms with Gasteiger partial charge in [-0.25, -0.2) is 14.8 Å². The first-order valence-corrected chi connectivity index (χ1v) is 8.62. The summed E-state index contributed by atoms with van der Waals surface area (Å²) < 4.78 is 28.3. The van der Waals surface area contributed by atoms with Gasteiger partial charge in [-0.1, -0.05) is 10.4 Å². The summed E-state index contributed by atoms with van der Waals surface area (Å²) in [5.41, 5.74) is 1.21. The molecule has 0 saturated heterocycles. The zero-order valence-electron chi connectivity index (χ0n) is 13.2. The van der Waals surface area contributed by atoms with Gasteiger partial charge in [0.05, 0.1) is 12.3 Å². The first-order valence-electron chi connectivity index (χ1n) is 6.71. The van der Waals surface area contributed by atoms with E-state index in [4.69, 9.17) is 27.9 Å². The van der Waals surface area contributed by atoms with Crippen LogP contribution in [0.15, 0.2) is 23.1 Å². The second-order valence-electron chi connectivity index (χ2n) is 4.12. The fourth-order valence-electron chi connectivity index (χ4n) is 1.28. The van der Waals surface area contributed by atoms with Gasteiger partial charge >= 0.3 is 16.5 Å². The van der Waals surface area contributed by atoms with E-state index in [0.717, 1.165) is 0 Å². The van der Waals surface area contributed by atoms with E-state index in [9.17, 15) is 13.2 Å². The minimum Gasteiger partial charge on any atom is -0.375 e. The summed E-state index contributed by atoms with van der Waals surface area (Å²) in [5.74, 6) is -0.0103. The van der Waals surface area contributed by atoms with Crippen LogP contribution in [0.2, 0.25) is 0 Å². The van der Waals surface area contributed by atoms with Gasteiger partial charge in [0.1, 0.15) is 4.84 Å². The number of amides is 2. The summed E-state index contributed by atoms with van der Waals surface area (Å²) in [4.78, 5) is 18.7. The van der Waals surface area contributed by atoms with E-state index in [1.807, 2.05) is 6.92 Å². The molecule has 0 fully saturated rings. The highest BCUT2D eigenvalue weighted by molar-refractivity contribution is 7.62. The molecule has 0 spiro atoms.